The topological polar surface area (TPSA) is 41.1 Å². The lowest BCUT2D eigenvalue weighted by atomic mass is 10.0. The molecule has 1 aliphatic heterocycles. The van der Waals surface area contributed by atoms with Crippen molar-refractivity contribution in [3.63, 3.8) is 0 Å². The van der Waals surface area contributed by atoms with Gasteiger partial charge in [-0.1, -0.05) is 6.92 Å². The maximum absolute atomic E-state index is 11.8. The van der Waals surface area contributed by atoms with Crippen molar-refractivity contribution in [3.05, 3.63) is 0 Å². The zero-order valence-electron chi connectivity index (χ0n) is 8.53. The van der Waals surface area contributed by atoms with Gasteiger partial charge in [-0.3, -0.25) is 4.79 Å². The highest BCUT2D eigenvalue weighted by atomic mass is 19.4. The van der Waals surface area contributed by atoms with E-state index in [0.29, 0.717) is 0 Å². The minimum atomic E-state index is -4.21. The number of nitrogens with one attached hydrogen (secondary N) is 2. The highest BCUT2D eigenvalue weighted by molar-refractivity contribution is 5.82. The molecule has 1 rings (SSSR count). The first-order valence-electron chi connectivity index (χ1n) is 4.98. The lowest BCUT2D eigenvalue weighted by Crippen LogP contribution is -2.44. The van der Waals surface area contributed by atoms with Gasteiger partial charge in [0.15, 0.2) is 0 Å². The third kappa shape index (κ3) is 4.07. The molecule has 2 unspecified atom stereocenters. The van der Waals surface area contributed by atoms with E-state index in [-0.39, 0.29) is 24.4 Å². The van der Waals surface area contributed by atoms with Crippen LogP contribution in [-0.2, 0) is 4.79 Å². The second-order valence-electron chi connectivity index (χ2n) is 3.85. The van der Waals surface area contributed by atoms with Crippen molar-refractivity contribution in [3.8, 4) is 0 Å². The van der Waals surface area contributed by atoms with Gasteiger partial charge in [0.25, 0.3) is 0 Å². The van der Waals surface area contributed by atoms with Crippen LogP contribution in [0.1, 0.15) is 19.8 Å². The van der Waals surface area contributed by atoms with E-state index in [0.717, 1.165) is 13.0 Å². The van der Waals surface area contributed by atoms with Crippen LogP contribution < -0.4 is 10.6 Å². The summed E-state index contributed by atoms with van der Waals surface area (Å²) in [5, 5.41) is 5.25. The number of halogens is 3. The van der Waals surface area contributed by atoms with Crippen molar-refractivity contribution in [1.82, 2.24) is 10.6 Å². The molecule has 0 aliphatic carbocycles. The van der Waals surface area contributed by atoms with Gasteiger partial charge < -0.3 is 10.6 Å². The van der Waals surface area contributed by atoms with Crippen LogP contribution in [0.3, 0.4) is 0 Å². The van der Waals surface area contributed by atoms with Crippen LogP contribution in [0.4, 0.5) is 13.2 Å². The van der Waals surface area contributed by atoms with Crippen molar-refractivity contribution in [1.29, 1.82) is 0 Å². The molecule has 0 spiro atoms. The Labute approximate surface area is 86.4 Å². The molecule has 1 fully saturated rings. The molecule has 3 nitrogen and oxygen atoms in total. The number of hydrogen-bond donors (Lipinski definition) is 2. The molecule has 0 radical (unpaired) electrons. The van der Waals surface area contributed by atoms with Gasteiger partial charge in [-0.2, -0.15) is 13.2 Å². The molecule has 1 saturated heterocycles. The Bertz CT molecular complexity index is 230. The van der Waals surface area contributed by atoms with Gasteiger partial charge in [-0.05, 0) is 18.9 Å². The molecule has 0 aromatic heterocycles. The molecule has 0 aromatic carbocycles. The van der Waals surface area contributed by atoms with Gasteiger partial charge in [0, 0.05) is 6.54 Å². The Balaban J connectivity index is 2.24. The smallest absolute Gasteiger partial charge is 0.354 e. The molecular weight excluding hydrogens is 209 g/mol. The third-order valence-corrected chi connectivity index (χ3v) is 2.52. The van der Waals surface area contributed by atoms with E-state index in [2.05, 4.69) is 10.6 Å². The van der Waals surface area contributed by atoms with E-state index in [1.807, 2.05) is 6.92 Å². The summed E-state index contributed by atoms with van der Waals surface area (Å²) in [4.78, 5) is 11.4. The summed E-state index contributed by atoms with van der Waals surface area (Å²) in [6, 6.07) is -0.335. The minimum absolute atomic E-state index is 0.191. The Morgan fingerprint density at radius 3 is 2.67 bits per heavy atom. The fourth-order valence-electron chi connectivity index (χ4n) is 1.62. The predicted molar refractivity (Wildman–Crippen MR) is 49.3 cm³/mol. The number of rotatable bonds is 3. The SMILES string of the molecule is CC1CCNC1C(=O)NCCC(F)(F)F. The summed E-state index contributed by atoms with van der Waals surface area (Å²) in [5.41, 5.74) is 0. The zero-order chi connectivity index (χ0) is 11.5. The van der Waals surface area contributed by atoms with E-state index in [1.54, 1.807) is 0 Å². The van der Waals surface area contributed by atoms with Crippen molar-refractivity contribution in [2.24, 2.45) is 5.92 Å². The molecule has 15 heavy (non-hydrogen) atoms. The monoisotopic (exact) mass is 224 g/mol. The summed E-state index contributed by atoms with van der Waals surface area (Å²) >= 11 is 0. The first kappa shape index (κ1) is 12.3. The molecule has 2 atom stereocenters. The molecule has 0 saturated carbocycles. The van der Waals surface area contributed by atoms with E-state index in [4.69, 9.17) is 0 Å². The first-order valence-corrected chi connectivity index (χ1v) is 4.98. The normalized spacial score (nSPS) is 26.7. The number of alkyl halides is 3. The number of amides is 1. The summed E-state index contributed by atoms with van der Waals surface area (Å²) in [6.07, 6.45) is -4.29. The minimum Gasteiger partial charge on any atom is -0.354 e. The summed E-state index contributed by atoms with van der Waals surface area (Å²) in [6.45, 7) is 2.32. The summed E-state index contributed by atoms with van der Waals surface area (Å²) in [7, 11) is 0. The van der Waals surface area contributed by atoms with Crippen LogP contribution in [0.15, 0.2) is 0 Å². The number of carbonyl (C=O) groups excluding carboxylic acids is 1. The second-order valence-corrected chi connectivity index (χ2v) is 3.85. The third-order valence-electron chi connectivity index (χ3n) is 2.52. The molecular formula is C9H15F3N2O. The van der Waals surface area contributed by atoms with Crippen LogP contribution in [0, 0.1) is 5.92 Å². The van der Waals surface area contributed by atoms with Crippen LogP contribution in [0.5, 0.6) is 0 Å². The Hall–Kier alpha value is -0.780. The van der Waals surface area contributed by atoms with Gasteiger partial charge in [0.1, 0.15) is 0 Å². The fraction of sp³-hybridized carbons (Fsp3) is 0.889. The van der Waals surface area contributed by atoms with Gasteiger partial charge in [0.2, 0.25) is 5.91 Å². The Morgan fingerprint density at radius 1 is 1.53 bits per heavy atom. The quantitative estimate of drug-likeness (QED) is 0.752. The average molecular weight is 224 g/mol. The van der Waals surface area contributed by atoms with Crippen LogP contribution in [0.25, 0.3) is 0 Å². The van der Waals surface area contributed by atoms with Gasteiger partial charge in [-0.25, -0.2) is 0 Å². The molecule has 1 amide bonds. The molecule has 1 heterocycles. The van der Waals surface area contributed by atoms with Crippen molar-refractivity contribution >= 4 is 5.91 Å². The maximum Gasteiger partial charge on any atom is 0.390 e. The lowest BCUT2D eigenvalue weighted by molar-refractivity contribution is -0.136. The van der Waals surface area contributed by atoms with Crippen LogP contribution >= 0.6 is 0 Å². The standard InChI is InChI=1S/C9H15F3N2O/c1-6-2-4-13-7(6)8(15)14-5-3-9(10,11)12/h6-7,13H,2-5H2,1H3,(H,14,15). The van der Waals surface area contributed by atoms with Gasteiger partial charge in [-0.15, -0.1) is 0 Å². The Morgan fingerprint density at radius 2 is 2.20 bits per heavy atom. The average Bonchev–Trinajstić information content (AvgIpc) is 2.48. The fourth-order valence-corrected chi connectivity index (χ4v) is 1.62. The van der Waals surface area contributed by atoms with Gasteiger partial charge in [0.05, 0.1) is 12.5 Å². The molecule has 6 heteroatoms. The van der Waals surface area contributed by atoms with Crippen molar-refractivity contribution < 1.29 is 18.0 Å². The molecule has 1 aliphatic rings. The van der Waals surface area contributed by atoms with Crippen LogP contribution in [-0.4, -0.2) is 31.2 Å². The number of hydrogen-bond acceptors (Lipinski definition) is 2. The van der Waals surface area contributed by atoms with E-state index in [9.17, 15) is 18.0 Å². The van der Waals surface area contributed by atoms with E-state index in [1.165, 1.54) is 0 Å². The van der Waals surface area contributed by atoms with E-state index >= 15 is 0 Å². The van der Waals surface area contributed by atoms with Crippen molar-refractivity contribution in [2.45, 2.75) is 32.0 Å². The van der Waals surface area contributed by atoms with Gasteiger partial charge >= 0.3 is 6.18 Å². The highest BCUT2D eigenvalue weighted by Gasteiger charge is 2.30. The number of carbonyl (C=O) groups is 1. The summed E-state index contributed by atoms with van der Waals surface area (Å²) in [5.74, 6) is -0.139. The van der Waals surface area contributed by atoms with E-state index < -0.39 is 12.6 Å². The molecule has 2 N–H and O–H groups in total. The molecule has 88 valence electrons. The predicted octanol–water partition coefficient (Wildman–Crippen LogP) is 1.05. The second kappa shape index (κ2) is 4.83. The zero-order valence-corrected chi connectivity index (χ0v) is 8.53. The highest BCUT2D eigenvalue weighted by Crippen LogP contribution is 2.18. The molecule has 0 bridgehead atoms. The first-order chi connectivity index (χ1) is 6.90. The van der Waals surface area contributed by atoms with Crippen LogP contribution in [0.2, 0.25) is 0 Å². The Kier molecular flexibility index (Phi) is 3.96. The molecule has 0 aromatic rings. The van der Waals surface area contributed by atoms with Crippen molar-refractivity contribution in [2.75, 3.05) is 13.1 Å². The maximum atomic E-state index is 11.8. The lowest BCUT2D eigenvalue weighted by Gasteiger charge is -2.15. The summed E-state index contributed by atoms with van der Waals surface area (Å²) < 4.78 is 35.4. The largest absolute Gasteiger partial charge is 0.390 e.